The molecule has 1 aromatic heterocycles. The van der Waals surface area contributed by atoms with E-state index in [1.807, 2.05) is 0 Å². The number of rotatable bonds is 2. The van der Waals surface area contributed by atoms with E-state index in [9.17, 15) is 18.0 Å². The van der Waals surface area contributed by atoms with Crippen molar-refractivity contribution in [2.24, 2.45) is 0 Å². The average molecular weight is 319 g/mol. The van der Waals surface area contributed by atoms with Crippen molar-refractivity contribution < 1.29 is 18.0 Å². The highest BCUT2D eigenvalue weighted by atomic mass is 79.9. The molecule has 0 saturated carbocycles. The van der Waals surface area contributed by atoms with Gasteiger partial charge in [0.25, 0.3) is 5.91 Å². The van der Waals surface area contributed by atoms with Crippen LogP contribution in [0.5, 0.6) is 0 Å². The predicted octanol–water partition coefficient (Wildman–Crippen LogP) is 3.45. The van der Waals surface area contributed by atoms with E-state index in [1.165, 1.54) is 12.3 Å². The van der Waals surface area contributed by atoms with Gasteiger partial charge in [-0.15, -0.1) is 0 Å². The van der Waals surface area contributed by atoms with Gasteiger partial charge in [-0.3, -0.25) is 4.79 Å². The lowest BCUT2D eigenvalue weighted by Crippen LogP contribution is -2.14. The summed E-state index contributed by atoms with van der Waals surface area (Å²) in [6.45, 7) is 0. The summed E-state index contributed by atoms with van der Waals surface area (Å²) in [5, 5.41) is 2.14. The summed E-state index contributed by atoms with van der Waals surface area (Å²) < 4.78 is 39.5. The van der Waals surface area contributed by atoms with E-state index in [1.54, 1.807) is 0 Å². The molecule has 94 valence electrons. The summed E-state index contributed by atoms with van der Waals surface area (Å²) in [5.41, 5.74) is -0.268. The number of anilines is 1. The van der Waals surface area contributed by atoms with Crippen molar-refractivity contribution in [2.75, 3.05) is 5.32 Å². The van der Waals surface area contributed by atoms with Crippen LogP contribution in [0.25, 0.3) is 0 Å². The third-order valence-electron chi connectivity index (χ3n) is 2.18. The Balaban J connectivity index is 2.25. The van der Waals surface area contributed by atoms with Crippen LogP contribution in [-0.2, 0) is 0 Å². The molecule has 7 heteroatoms. The number of aromatic amines is 1. The van der Waals surface area contributed by atoms with Gasteiger partial charge in [0.05, 0.1) is 5.69 Å². The Morgan fingerprint density at radius 2 is 1.94 bits per heavy atom. The summed E-state index contributed by atoms with van der Waals surface area (Å²) in [5.74, 6) is -5.03. The van der Waals surface area contributed by atoms with Gasteiger partial charge in [0, 0.05) is 10.7 Å². The Hall–Kier alpha value is -1.76. The lowest BCUT2D eigenvalue weighted by Gasteiger charge is -2.06. The lowest BCUT2D eigenvalue weighted by atomic mass is 10.2. The van der Waals surface area contributed by atoms with E-state index in [0.29, 0.717) is 4.47 Å². The van der Waals surface area contributed by atoms with Crippen LogP contribution in [0.4, 0.5) is 18.9 Å². The molecule has 1 aromatic carbocycles. The van der Waals surface area contributed by atoms with Crippen LogP contribution < -0.4 is 5.32 Å². The minimum atomic E-state index is -1.62. The summed E-state index contributed by atoms with van der Waals surface area (Å²) in [6.07, 6.45) is 1.51. The summed E-state index contributed by atoms with van der Waals surface area (Å²) in [7, 11) is 0. The van der Waals surface area contributed by atoms with E-state index in [4.69, 9.17) is 0 Å². The van der Waals surface area contributed by atoms with Crippen LogP contribution in [0.2, 0.25) is 0 Å². The fourth-order valence-electron chi connectivity index (χ4n) is 1.31. The molecule has 0 aliphatic heterocycles. The highest BCUT2D eigenvalue weighted by Gasteiger charge is 2.16. The first-order chi connectivity index (χ1) is 8.49. The number of hydrogen-bond acceptors (Lipinski definition) is 1. The number of carbonyl (C=O) groups is 1. The first-order valence-corrected chi connectivity index (χ1v) is 5.57. The van der Waals surface area contributed by atoms with Crippen molar-refractivity contribution in [1.82, 2.24) is 4.98 Å². The predicted molar refractivity (Wildman–Crippen MR) is 62.8 cm³/mol. The third-order valence-corrected chi connectivity index (χ3v) is 2.63. The molecule has 0 radical (unpaired) electrons. The maximum Gasteiger partial charge on any atom is 0.272 e. The summed E-state index contributed by atoms with van der Waals surface area (Å²) >= 11 is 3.13. The van der Waals surface area contributed by atoms with Gasteiger partial charge < -0.3 is 10.3 Å². The van der Waals surface area contributed by atoms with Crippen LogP contribution in [0.15, 0.2) is 28.9 Å². The van der Waals surface area contributed by atoms with Crippen molar-refractivity contribution >= 4 is 27.5 Å². The smallest absolute Gasteiger partial charge is 0.272 e. The van der Waals surface area contributed by atoms with Crippen LogP contribution in [0, 0.1) is 17.5 Å². The van der Waals surface area contributed by atoms with Gasteiger partial charge in [-0.2, -0.15) is 0 Å². The van der Waals surface area contributed by atoms with Crippen molar-refractivity contribution in [3.63, 3.8) is 0 Å². The zero-order valence-electron chi connectivity index (χ0n) is 8.73. The third kappa shape index (κ3) is 2.40. The fourth-order valence-corrected chi connectivity index (χ4v) is 1.65. The molecule has 2 aromatic rings. The molecule has 0 aliphatic rings. The second-order valence-corrected chi connectivity index (χ2v) is 4.32. The van der Waals surface area contributed by atoms with E-state index in [-0.39, 0.29) is 5.69 Å². The van der Waals surface area contributed by atoms with Gasteiger partial charge in [0.1, 0.15) is 5.69 Å². The van der Waals surface area contributed by atoms with Crippen molar-refractivity contribution in [1.29, 1.82) is 0 Å². The zero-order chi connectivity index (χ0) is 13.3. The monoisotopic (exact) mass is 318 g/mol. The number of nitrogens with one attached hydrogen (secondary N) is 2. The van der Waals surface area contributed by atoms with Gasteiger partial charge in [-0.1, -0.05) is 0 Å². The highest BCUT2D eigenvalue weighted by molar-refractivity contribution is 9.10. The minimum absolute atomic E-state index is 0.158. The number of halogens is 4. The van der Waals surface area contributed by atoms with Crippen LogP contribution in [0.1, 0.15) is 10.5 Å². The number of H-pyrrole nitrogens is 1. The van der Waals surface area contributed by atoms with Gasteiger partial charge >= 0.3 is 0 Å². The molecule has 3 nitrogen and oxygen atoms in total. The fraction of sp³-hybridized carbons (Fsp3) is 0. The molecule has 0 bridgehead atoms. The van der Waals surface area contributed by atoms with E-state index < -0.39 is 29.0 Å². The number of hydrogen-bond donors (Lipinski definition) is 2. The second kappa shape index (κ2) is 4.85. The van der Waals surface area contributed by atoms with Crippen molar-refractivity contribution in [3.05, 3.63) is 52.0 Å². The van der Waals surface area contributed by atoms with E-state index in [0.717, 1.165) is 12.1 Å². The first kappa shape index (κ1) is 12.7. The molecule has 18 heavy (non-hydrogen) atoms. The molecule has 2 rings (SSSR count). The highest BCUT2D eigenvalue weighted by Crippen LogP contribution is 2.20. The molecule has 0 unspecified atom stereocenters. The molecular weight excluding hydrogens is 313 g/mol. The molecule has 0 saturated heterocycles. The lowest BCUT2D eigenvalue weighted by molar-refractivity contribution is 0.102. The van der Waals surface area contributed by atoms with Crippen LogP contribution in [0.3, 0.4) is 0 Å². The number of aromatic nitrogens is 1. The van der Waals surface area contributed by atoms with Gasteiger partial charge in [-0.05, 0) is 34.1 Å². The standard InChI is InChI=1S/C11H6BrF3N2O/c12-5-3-8(16-4-5)11(18)17-7-2-1-6(13)9(14)10(7)15/h1-4,16H,(H,17,18). The van der Waals surface area contributed by atoms with Crippen LogP contribution >= 0.6 is 15.9 Å². The Kier molecular flexibility index (Phi) is 3.42. The Labute approximate surface area is 108 Å². The Bertz CT molecular complexity index is 612. The molecule has 0 aliphatic carbocycles. The maximum absolute atomic E-state index is 13.3. The minimum Gasteiger partial charge on any atom is -0.356 e. The van der Waals surface area contributed by atoms with Crippen LogP contribution in [-0.4, -0.2) is 10.9 Å². The molecule has 0 fully saturated rings. The number of amides is 1. The van der Waals surface area contributed by atoms with Gasteiger partial charge in [0.2, 0.25) is 0 Å². The largest absolute Gasteiger partial charge is 0.356 e. The molecular formula is C11H6BrF3N2O. The first-order valence-electron chi connectivity index (χ1n) is 4.78. The normalized spacial score (nSPS) is 10.4. The topological polar surface area (TPSA) is 44.9 Å². The maximum atomic E-state index is 13.3. The average Bonchev–Trinajstić information content (AvgIpc) is 2.77. The van der Waals surface area contributed by atoms with E-state index >= 15 is 0 Å². The van der Waals surface area contributed by atoms with Gasteiger partial charge in [0.15, 0.2) is 17.5 Å². The molecule has 1 amide bonds. The number of carbonyl (C=O) groups excluding carboxylic acids is 1. The summed E-state index contributed by atoms with van der Waals surface area (Å²) in [6, 6.07) is 3.15. The molecule has 2 N–H and O–H groups in total. The molecule has 1 heterocycles. The zero-order valence-corrected chi connectivity index (χ0v) is 10.3. The van der Waals surface area contributed by atoms with Crippen molar-refractivity contribution in [2.45, 2.75) is 0 Å². The summed E-state index contributed by atoms with van der Waals surface area (Å²) in [4.78, 5) is 14.3. The quantitative estimate of drug-likeness (QED) is 0.818. The second-order valence-electron chi connectivity index (χ2n) is 3.41. The van der Waals surface area contributed by atoms with E-state index in [2.05, 4.69) is 26.2 Å². The number of benzene rings is 1. The Morgan fingerprint density at radius 3 is 2.56 bits per heavy atom. The SMILES string of the molecule is O=C(Nc1ccc(F)c(F)c1F)c1cc(Br)c[nH]1. The van der Waals surface area contributed by atoms with Crippen molar-refractivity contribution in [3.8, 4) is 0 Å². The Morgan fingerprint density at radius 1 is 1.22 bits per heavy atom. The molecule has 0 spiro atoms. The van der Waals surface area contributed by atoms with Gasteiger partial charge in [-0.25, -0.2) is 13.2 Å². The molecule has 0 atom stereocenters.